The molecule has 1 aliphatic heterocycles. The number of aromatic nitrogens is 1. The highest BCUT2D eigenvalue weighted by Crippen LogP contribution is 2.32. The van der Waals surface area contributed by atoms with Gasteiger partial charge in [-0.25, -0.2) is 4.98 Å². The largest absolute Gasteiger partial charge is 0.469 e. The maximum Gasteiger partial charge on any atom is 0.307 e. The van der Waals surface area contributed by atoms with Crippen LogP contribution in [-0.4, -0.2) is 30.6 Å². The van der Waals surface area contributed by atoms with Crippen LogP contribution in [-0.2, 0) is 9.53 Å². The fourth-order valence-corrected chi connectivity index (χ4v) is 3.25. The molecule has 0 radical (unpaired) electrons. The van der Waals surface area contributed by atoms with E-state index in [9.17, 15) is 4.79 Å². The molecule has 0 N–H and O–H groups in total. The van der Waals surface area contributed by atoms with Gasteiger partial charge in [0.05, 0.1) is 23.0 Å². The number of ether oxygens (including phenoxy) is 1. The third-order valence-corrected chi connectivity index (χ3v) is 4.11. The van der Waals surface area contributed by atoms with Crippen LogP contribution in [0.1, 0.15) is 25.7 Å². The minimum Gasteiger partial charge on any atom is -0.469 e. The smallest absolute Gasteiger partial charge is 0.307 e. The Bertz CT molecular complexity index is 470. The summed E-state index contributed by atoms with van der Waals surface area (Å²) < 4.78 is 5.63. The molecule has 2 heterocycles. The number of esters is 1. The number of nitrogens with zero attached hydrogens (tertiary/aromatic N) is 2. The van der Waals surface area contributed by atoms with Crippen molar-refractivity contribution in [2.24, 2.45) is 0 Å². The van der Waals surface area contributed by atoms with Gasteiger partial charge < -0.3 is 9.64 Å². The van der Waals surface area contributed by atoms with Gasteiger partial charge in [0.1, 0.15) is 5.82 Å². The van der Waals surface area contributed by atoms with E-state index in [1.807, 2.05) is 6.07 Å². The van der Waals surface area contributed by atoms with E-state index in [1.165, 1.54) is 7.11 Å². The number of piperidine rings is 1. The van der Waals surface area contributed by atoms with Crippen molar-refractivity contribution in [2.75, 3.05) is 18.6 Å². The van der Waals surface area contributed by atoms with Crippen molar-refractivity contribution < 1.29 is 9.53 Å². The molecular weight excluding hydrogens is 332 g/mol. The molecule has 0 aromatic carbocycles. The van der Waals surface area contributed by atoms with Crippen molar-refractivity contribution in [1.29, 1.82) is 0 Å². The highest BCUT2D eigenvalue weighted by atomic mass is 79.9. The molecule has 0 amide bonds. The quantitative estimate of drug-likeness (QED) is 0.786. The Morgan fingerprint density at radius 2 is 2.42 bits per heavy atom. The van der Waals surface area contributed by atoms with Gasteiger partial charge in [0.15, 0.2) is 0 Å². The van der Waals surface area contributed by atoms with Gasteiger partial charge in [-0.15, -0.1) is 0 Å². The molecule has 2 rings (SSSR count). The highest BCUT2D eigenvalue weighted by molar-refractivity contribution is 9.10. The fraction of sp³-hybridized carbons (Fsp3) is 0.538. The molecule has 1 aliphatic rings. The second-order valence-corrected chi connectivity index (χ2v) is 5.87. The lowest BCUT2D eigenvalue weighted by molar-refractivity contribution is -0.141. The summed E-state index contributed by atoms with van der Waals surface area (Å²) >= 11 is 9.40. The van der Waals surface area contributed by atoms with Crippen LogP contribution in [0.3, 0.4) is 0 Å². The molecule has 1 aromatic heterocycles. The van der Waals surface area contributed by atoms with Crippen molar-refractivity contribution in [3.63, 3.8) is 0 Å². The molecule has 1 fully saturated rings. The molecule has 1 saturated heterocycles. The zero-order valence-electron chi connectivity index (χ0n) is 10.7. The summed E-state index contributed by atoms with van der Waals surface area (Å²) in [6.07, 6.45) is 5.24. The minimum absolute atomic E-state index is 0.145. The lowest BCUT2D eigenvalue weighted by atomic mass is 9.99. The third kappa shape index (κ3) is 3.60. The number of pyridine rings is 1. The Balaban J connectivity index is 2.21. The molecule has 1 unspecified atom stereocenters. The Hall–Kier alpha value is -0.810. The van der Waals surface area contributed by atoms with E-state index in [-0.39, 0.29) is 12.0 Å². The molecule has 0 saturated carbocycles. The molecule has 1 aromatic rings. The number of halogens is 2. The zero-order valence-corrected chi connectivity index (χ0v) is 13.1. The van der Waals surface area contributed by atoms with Crippen LogP contribution in [0.2, 0.25) is 5.02 Å². The van der Waals surface area contributed by atoms with Gasteiger partial charge in [-0.1, -0.05) is 11.6 Å². The van der Waals surface area contributed by atoms with Crippen LogP contribution in [0, 0.1) is 0 Å². The molecule has 0 aliphatic carbocycles. The van der Waals surface area contributed by atoms with Gasteiger partial charge >= 0.3 is 5.97 Å². The molecule has 19 heavy (non-hydrogen) atoms. The number of hydrogen-bond acceptors (Lipinski definition) is 4. The number of hydrogen-bond donors (Lipinski definition) is 0. The maximum atomic E-state index is 11.5. The summed E-state index contributed by atoms with van der Waals surface area (Å²) in [6.45, 7) is 0.898. The first-order valence-electron chi connectivity index (χ1n) is 6.26. The van der Waals surface area contributed by atoms with E-state index in [4.69, 9.17) is 16.3 Å². The Morgan fingerprint density at radius 3 is 3.11 bits per heavy atom. The van der Waals surface area contributed by atoms with Gasteiger partial charge in [-0.2, -0.15) is 0 Å². The molecule has 104 valence electrons. The summed E-state index contributed by atoms with van der Waals surface area (Å²) in [7, 11) is 1.42. The number of anilines is 1. The second-order valence-electron chi connectivity index (χ2n) is 4.58. The zero-order chi connectivity index (χ0) is 13.8. The van der Waals surface area contributed by atoms with Crippen molar-refractivity contribution in [3.8, 4) is 0 Å². The minimum atomic E-state index is -0.179. The molecule has 6 heteroatoms. The third-order valence-electron chi connectivity index (χ3n) is 3.32. The first-order chi connectivity index (χ1) is 9.11. The van der Waals surface area contributed by atoms with Crippen LogP contribution in [0.4, 0.5) is 5.82 Å². The average molecular weight is 348 g/mol. The number of carbonyl (C=O) groups excluding carboxylic acids is 1. The number of methoxy groups -OCH3 is 1. The fourth-order valence-electron chi connectivity index (χ4n) is 2.39. The average Bonchev–Trinajstić information content (AvgIpc) is 2.40. The van der Waals surface area contributed by atoms with E-state index in [0.29, 0.717) is 11.4 Å². The Labute approximate surface area is 126 Å². The van der Waals surface area contributed by atoms with E-state index < -0.39 is 0 Å². The second kappa shape index (κ2) is 6.57. The molecule has 0 bridgehead atoms. The molecule has 4 nitrogen and oxygen atoms in total. The van der Waals surface area contributed by atoms with Crippen molar-refractivity contribution in [3.05, 3.63) is 21.8 Å². The van der Waals surface area contributed by atoms with Gasteiger partial charge in [0.25, 0.3) is 0 Å². The number of rotatable bonds is 3. The lowest BCUT2D eigenvalue weighted by Gasteiger charge is -2.36. The summed E-state index contributed by atoms with van der Waals surface area (Å²) in [5.41, 5.74) is 0. The van der Waals surface area contributed by atoms with Crippen LogP contribution in [0.15, 0.2) is 16.7 Å². The predicted molar refractivity (Wildman–Crippen MR) is 78.6 cm³/mol. The first kappa shape index (κ1) is 14.6. The Morgan fingerprint density at radius 1 is 1.63 bits per heavy atom. The number of carbonyl (C=O) groups is 1. The van der Waals surface area contributed by atoms with Crippen LogP contribution >= 0.6 is 27.5 Å². The summed E-state index contributed by atoms with van der Waals surface area (Å²) in [6, 6.07) is 1.97. The summed E-state index contributed by atoms with van der Waals surface area (Å²) in [5.74, 6) is 0.667. The van der Waals surface area contributed by atoms with E-state index in [0.717, 1.165) is 36.1 Å². The van der Waals surface area contributed by atoms with Gasteiger partial charge in [0, 0.05) is 18.8 Å². The van der Waals surface area contributed by atoms with Gasteiger partial charge in [0.2, 0.25) is 0 Å². The van der Waals surface area contributed by atoms with Crippen LogP contribution < -0.4 is 4.90 Å². The summed E-state index contributed by atoms with van der Waals surface area (Å²) in [5, 5.41) is 0.595. The Kier molecular flexibility index (Phi) is 5.05. The first-order valence-corrected chi connectivity index (χ1v) is 7.43. The highest BCUT2D eigenvalue weighted by Gasteiger charge is 2.27. The van der Waals surface area contributed by atoms with Crippen molar-refractivity contribution in [2.45, 2.75) is 31.7 Å². The molecule has 1 atom stereocenters. The van der Waals surface area contributed by atoms with Crippen molar-refractivity contribution in [1.82, 2.24) is 4.98 Å². The standard InChI is InChI=1S/C13H16BrClN2O2/c1-19-12(18)7-10-4-2-3-5-17(10)13-11(14)6-9(15)8-16-13/h6,8,10H,2-5,7H2,1H3. The van der Waals surface area contributed by atoms with Crippen molar-refractivity contribution >= 4 is 39.3 Å². The molecular formula is C13H16BrClN2O2. The van der Waals surface area contributed by atoms with E-state index in [1.54, 1.807) is 6.20 Å². The normalized spacial score (nSPS) is 19.3. The van der Waals surface area contributed by atoms with Gasteiger partial charge in [-0.05, 0) is 41.3 Å². The van der Waals surface area contributed by atoms with E-state index in [2.05, 4.69) is 25.8 Å². The van der Waals surface area contributed by atoms with Gasteiger partial charge in [-0.3, -0.25) is 4.79 Å². The lowest BCUT2D eigenvalue weighted by Crippen LogP contribution is -2.41. The predicted octanol–water partition coefficient (Wildman–Crippen LogP) is 3.42. The van der Waals surface area contributed by atoms with E-state index >= 15 is 0 Å². The topological polar surface area (TPSA) is 42.4 Å². The summed E-state index contributed by atoms with van der Waals surface area (Å²) in [4.78, 5) is 18.0. The SMILES string of the molecule is COC(=O)CC1CCCCN1c1ncc(Cl)cc1Br. The van der Waals surface area contributed by atoms with Crippen LogP contribution in [0.5, 0.6) is 0 Å². The maximum absolute atomic E-state index is 11.5. The van der Waals surface area contributed by atoms with Crippen LogP contribution in [0.25, 0.3) is 0 Å². The molecule has 0 spiro atoms. The monoisotopic (exact) mass is 346 g/mol.